The standard InChI is InChI=1S/C20H19F2N3O5/c1-29-13-6-14(30-2)16(22)17(15(13)21)25-9-10-7-23-11(8-24-19(27)28)5-12(10)20(3-4-20)18(25)26/h5-7,24H,3-4,8-9H2,1-2H3,(H,27,28). The third kappa shape index (κ3) is 2.99. The van der Waals surface area contributed by atoms with E-state index < -0.39 is 34.7 Å². The number of rotatable bonds is 5. The fraction of sp³-hybridized carbons (Fsp3) is 0.350. The third-order valence-electron chi connectivity index (χ3n) is 5.53. The van der Waals surface area contributed by atoms with Gasteiger partial charge in [-0.05, 0) is 30.0 Å². The molecule has 30 heavy (non-hydrogen) atoms. The molecule has 0 unspecified atom stereocenters. The molecular weight excluding hydrogens is 400 g/mol. The molecule has 158 valence electrons. The Morgan fingerprint density at radius 3 is 2.40 bits per heavy atom. The number of methoxy groups -OCH3 is 2. The Hall–Kier alpha value is -3.43. The molecule has 1 saturated carbocycles. The number of amides is 2. The van der Waals surface area contributed by atoms with Gasteiger partial charge in [0.1, 0.15) is 5.69 Å². The van der Waals surface area contributed by atoms with E-state index in [0.29, 0.717) is 24.1 Å². The summed E-state index contributed by atoms with van der Waals surface area (Å²) in [6.07, 6.45) is 1.38. The van der Waals surface area contributed by atoms with Gasteiger partial charge in [0.05, 0.1) is 38.4 Å². The fourth-order valence-corrected chi connectivity index (χ4v) is 3.88. The third-order valence-corrected chi connectivity index (χ3v) is 5.53. The molecular formula is C20H19F2N3O5. The normalized spacial score (nSPS) is 16.3. The summed E-state index contributed by atoms with van der Waals surface area (Å²) in [5.74, 6) is -2.87. The molecule has 2 N–H and O–H groups in total. The average molecular weight is 419 g/mol. The van der Waals surface area contributed by atoms with Gasteiger partial charge in [0, 0.05) is 12.3 Å². The van der Waals surface area contributed by atoms with Gasteiger partial charge >= 0.3 is 6.09 Å². The number of benzene rings is 1. The van der Waals surface area contributed by atoms with E-state index in [4.69, 9.17) is 14.6 Å². The number of aromatic nitrogens is 1. The lowest BCUT2D eigenvalue weighted by Crippen LogP contribution is -2.45. The predicted molar refractivity (Wildman–Crippen MR) is 101 cm³/mol. The van der Waals surface area contributed by atoms with Crippen LogP contribution in [-0.4, -0.2) is 36.3 Å². The van der Waals surface area contributed by atoms with Gasteiger partial charge in [-0.25, -0.2) is 13.6 Å². The van der Waals surface area contributed by atoms with Gasteiger partial charge < -0.3 is 24.8 Å². The van der Waals surface area contributed by atoms with Gasteiger partial charge in [-0.2, -0.15) is 0 Å². The maximum absolute atomic E-state index is 15.0. The first-order chi connectivity index (χ1) is 14.3. The van der Waals surface area contributed by atoms with Gasteiger partial charge in [0.2, 0.25) is 5.91 Å². The topological polar surface area (TPSA) is 101 Å². The molecule has 1 aromatic carbocycles. The molecule has 0 saturated heterocycles. The number of halogens is 2. The van der Waals surface area contributed by atoms with Crippen molar-refractivity contribution >= 4 is 17.7 Å². The number of carboxylic acid groups (broad SMARTS) is 1. The lowest BCUT2D eigenvalue weighted by Gasteiger charge is -2.35. The Balaban J connectivity index is 1.79. The fourth-order valence-electron chi connectivity index (χ4n) is 3.88. The lowest BCUT2D eigenvalue weighted by molar-refractivity contribution is -0.121. The molecule has 1 aliphatic heterocycles. The van der Waals surface area contributed by atoms with Crippen LogP contribution in [0.25, 0.3) is 0 Å². The molecule has 2 aliphatic rings. The summed E-state index contributed by atoms with van der Waals surface area (Å²) < 4.78 is 40.0. The van der Waals surface area contributed by atoms with Gasteiger partial charge in [-0.15, -0.1) is 0 Å². The SMILES string of the molecule is COc1cc(OC)c(F)c(N2Cc3cnc(CNC(=O)O)cc3C3(CC3)C2=O)c1F. The highest BCUT2D eigenvalue weighted by Gasteiger charge is 2.57. The Kier molecular flexibility index (Phi) is 4.71. The van der Waals surface area contributed by atoms with E-state index in [1.165, 1.54) is 20.4 Å². The highest BCUT2D eigenvalue weighted by atomic mass is 19.1. The number of nitrogens with zero attached hydrogens (tertiary/aromatic N) is 2. The minimum atomic E-state index is -1.18. The largest absolute Gasteiger partial charge is 0.493 e. The number of pyridine rings is 1. The predicted octanol–water partition coefficient (Wildman–Crippen LogP) is 2.72. The minimum absolute atomic E-state index is 0.00701. The van der Waals surface area contributed by atoms with Crippen molar-refractivity contribution in [1.82, 2.24) is 10.3 Å². The highest BCUT2D eigenvalue weighted by Crippen LogP contribution is 2.54. The summed E-state index contributed by atoms with van der Waals surface area (Å²) in [6, 6.07) is 2.78. The van der Waals surface area contributed by atoms with Crippen molar-refractivity contribution in [3.8, 4) is 11.5 Å². The van der Waals surface area contributed by atoms with Crippen LogP contribution in [0.2, 0.25) is 0 Å². The second kappa shape index (κ2) is 7.12. The first kappa shape index (κ1) is 19.9. The van der Waals surface area contributed by atoms with Crippen LogP contribution in [-0.2, 0) is 23.3 Å². The summed E-state index contributed by atoms with van der Waals surface area (Å²) in [4.78, 5) is 29.4. The summed E-state index contributed by atoms with van der Waals surface area (Å²) in [5.41, 5.74) is 0.404. The maximum atomic E-state index is 15.0. The smallest absolute Gasteiger partial charge is 0.404 e. The van der Waals surface area contributed by atoms with Crippen LogP contribution in [0.4, 0.5) is 19.3 Å². The summed E-state index contributed by atoms with van der Waals surface area (Å²) in [6.45, 7) is -0.0906. The Morgan fingerprint density at radius 2 is 1.87 bits per heavy atom. The lowest BCUT2D eigenvalue weighted by atomic mass is 9.86. The maximum Gasteiger partial charge on any atom is 0.404 e. The first-order valence-corrected chi connectivity index (χ1v) is 9.19. The first-order valence-electron chi connectivity index (χ1n) is 9.19. The summed E-state index contributed by atoms with van der Waals surface area (Å²) >= 11 is 0. The van der Waals surface area contributed by atoms with E-state index in [1.54, 1.807) is 6.07 Å². The number of ether oxygens (including phenoxy) is 2. The van der Waals surface area contributed by atoms with Crippen molar-refractivity contribution in [2.24, 2.45) is 0 Å². The van der Waals surface area contributed by atoms with Gasteiger partial charge in [0.25, 0.3) is 0 Å². The number of fused-ring (bicyclic) bond motifs is 2. The monoisotopic (exact) mass is 419 g/mol. The summed E-state index contributed by atoms with van der Waals surface area (Å²) in [5, 5.41) is 11.0. The number of carbonyl (C=O) groups is 2. The molecule has 1 aromatic heterocycles. The Labute approximate surface area is 170 Å². The number of carbonyl (C=O) groups excluding carboxylic acids is 1. The van der Waals surface area contributed by atoms with E-state index in [2.05, 4.69) is 10.3 Å². The number of hydrogen-bond donors (Lipinski definition) is 2. The molecule has 8 nitrogen and oxygen atoms in total. The van der Waals surface area contributed by atoms with Crippen LogP contribution in [0.15, 0.2) is 18.3 Å². The van der Waals surface area contributed by atoms with Crippen molar-refractivity contribution < 1.29 is 33.0 Å². The number of anilines is 1. The molecule has 4 rings (SSSR count). The van der Waals surface area contributed by atoms with Crippen molar-refractivity contribution in [2.45, 2.75) is 31.3 Å². The van der Waals surface area contributed by atoms with E-state index in [-0.39, 0.29) is 24.6 Å². The van der Waals surface area contributed by atoms with Crippen molar-refractivity contribution in [3.05, 3.63) is 46.8 Å². The average Bonchev–Trinajstić information content (AvgIpc) is 3.52. The van der Waals surface area contributed by atoms with Crippen LogP contribution < -0.4 is 19.7 Å². The van der Waals surface area contributed by atoms with Crippen LogP contribution in [0.3, 0.4) is 0 Å². The molecule has 0 bridgehead atoms. The molecule has 1 spiro atoms. The molecule has 0 atom stereocenters. The van der Waals surface area contributed by atoms with E-state index >= 15 is 8.78 Å². The highest BCUT2D eigenvalue weighted by molar-refractivity contribution is 6.05. The van der Waals surface area contributed by atoms with Crippen molar-refractivity contribution in [1.29, 1.82) is 0 Å². The molecule has 2 amide bonds. The minimum Gasteiger partial charge on any atom is -0.493 e. The number of nitrogens with one attached hydrogen (secondary N) is 1. The quantitative estimate of drug-likeness (QED) is 0.773. The van der Waals surface area contributed by atoms with Crippen molar-refractivity contribution in [2.75, 3.05) is 19.1 Å². The molecule has 10 heteroatoms. The van der Waals surface area contributed by atoms with Gasteiger partial charge in [-0.1, -0.05) is 0 Å². The summed E-state index contributed by atoms with van der Waals surface area (Å²) in [7, 11) is 2.48. The van der Waals surface area contributed by atoms with E-state index in [0.717, 1.165) is 16.5 Å². The van der Waals surface area contributed by atoms with Gasteiger partial charge in [-0.3, -0.25) is 9.78 Å². The zero-order chi connectivity index (χ0) is 21.6. The Morgan fingerprint density at radius 1 is 1.23 bits per heavy atom. The second-order valence-electron chi connectivity index (χ2n) is 7.22. The molecule has 0 radical (unpaired) electrons. The van der Waals surface area contributed by atoms with Crippen molar-refractivity contribution in [3.63, 3.8) is 0 Å². The zero-order valence-corrected chi connectivity index (χ0v) is 16.3. The number of hydrogen-bond acceptors (Lipinski definition) is 5. The van der Waals surface area contributed by atoms with E-state index in [1.807, 2.05) is 0 Å². The zero-order valence-electron chi connectivity index (χ0n) is 16.3. The Bertz CT molecular complexity index is 1030. The molecule has 2 heterocycles. The van der Waals surface area contributed by atoms with Crippen LogP contribution in [0.1, 0.15) is 29.7 Å². The van der Waals surface area contributed by atoms with Gasteiger partial charge in [0.15, 0.2) is 23.1 Å². The molecule has 1 fully saturated rings. The second-order valence-corrected chi connectivity index (χ2v) is 7.22. The molecule has 2 aromatic rings. The van der Waals surface area contributed by atoms with Crippen LogP contribution in [0.5, 0.6) is 11.5 Å². The molecule has 1 aliphatic carbocycles. The van der Waals surface area contributed by atoms with Crippen LogP contribution in [0, 0.1) is 11.6 Å². The van der Waals surface area contributed by atoms with Crippen LogP contribution >= 0.6 is 0 Å². The van der Waals surface area contributed by atoms with E-state index in [9.17, 15) is 9.59 Å².